The number of carbonyl (C=O) groups is 1. The molecular weight excluding hydrogens is 364 g/mol. The van der Waals surface area contributed by atoms with Gasteiger partial charge in [-0.2, -0.15) is 0 Å². The third-order valence-corrected chi connectivity index (χ3v) is 5.71. The number of ether oxygens (including phenoxy) is 1. The number of hydrogen-bond acceptors (Lipinski definition) is 4. The molecule has 1 amide bonds. The summed E-state index contributed by atoms with van der Waals surface area (Å²) in [7, 11) is -3.66. The summed E-state index contributed by atoms with van der Waals surface area (Å²) < 4.78 is 33.1. The SMILES string of the molecule is CC[C@@H](C)NC(=O)COc1ccc(S(=O)(=O)N[C@@H](C)c2ccccc2)cc1. The molecule has 0 saturated carbocycles. The molecule has 0 fully saturated rings. The lowest BCUT2D eigenvalue weighted by Gasteiger charge is -2.15. The summed E-state index contributed by atoms with van der Waals surface area (Å²) >= 11 is 0. The molecular formula is C20H26N2O4S. The summed E-state index contributed by atoms with van der Waals surface area (Å²) in [4.78, 5) is 11.9. The van der Waals surface area contributed by atoms with E-state index in [9.17, 15) is 13.2 Å². The molecule has 2 N–H and O–H groups in total. The fourth-order valence-corrected chi connectivity index (χ4v) is 3.62. The van der Waals surface area contributed by atoms with Gasteiger partial charge in [-0.15, -0.1) is 0 Å². The molecule has 0 aliphatic rings. The standard InChI is InChI=1S/C20H26N2O4S/c1-4-15(2)21-20(23)14-26-18-10-12-19(13-11-18)27(24,25)22-16(3)17-8-6-5-7-9-17/h5-13,15-16,22H,4,14H2,1-3H3,(H,21,23)/t15-,16+/m1/s1. The minimum absolute atomic E-state index is 0.0892. The minimum Gasteiger partial charge on any atom is -0.484 e. The van der Waals surface area contributed by atoms with Crippen molar-refractivity contribution in [2.45, 2.75) is 44.2 Å². The third kappa shape index (κ3) is 6.37. The average Bonchev–Trinajstić information content (AvgIpc) is 2.67. The first kappa shape index (κ1) is 20.9. The van der Waals surface area contributed by atoms with E-state index in [0.717, 1.165) is 12.0 Å². The van der Waals surface area contributed by atoms with Crippen molar-refractivity contribution >= 4 is 15.9 Å². The summed E-state index contributed by atoms with van der Waals surface area (Å²) in [5.74, 6) is 0.226. The van der Waals surface area contributed by atoms with E-state index in [-0.39, 0.29) is 29.5 Å². The fraction of sp³-hybridized carbons (Fsp3) is 0.350. The number of rotatable bonds is 9. The Bertz CT molecular complexity index is 836. The average molecular weight is 391 g/mol. The van der Waals surface area contributed by atoms with Gasteiger partial charge in [0.2, 0.25) is 10.0 Å². The van der Waals surface area contributed by atoms with E-state index in [1.807, 2.05) is 44.2 Å². The van der Waals surface area contributed by atoms with Crippen molar-refractivity contribution < 1.29 is 17.9 Å². The highest BCUT2D eigenvalue weighted by Gasteiger charge is 2.18. The van der Waals surface area contributed by atoms with Gasteiger partial charge in [0.25, 0.3) is 5.91 Å². The monoisotopic (exact) mass is 390 g/mol. The smallest absolute Gasteiger partial charge is 0.258 e. The zero-order valence-corrected chi connectivity index (χ0v) is 16.6. The number of carbonyl (C=O) groups excluding carboxylic acids is 1. The van der Waals surface area contributed by atoms with Crippen LogP contribution in [-0.4, -0.2) is 27.0 Å². The molecule has 2 rings (SSSR count). The van der Waals surface area contributed by atoms with Gasteiger partial charge in [0.05, 0.1) is 4.90 Å². The second kappa shape index (κ2) is 9.53. The molecule has 2 aromatic carbocycles. The molecule has 0 aliphatic heterocycles. The van der Waals surface area contributed by atoms with Crippen LogP contribution in [0.25, 0.3) is 0 Å². The maximum atomic E-state index is 12.5. The first-order valence-electron chi connectivity index (χ1n) is 8.91. The predicted octanol–water partition coefficient (Wildman–Crippen LogP) is 3.02. The highest BCUT2D eigenvalue weighted by Crippen LogP contribution is 2.19. The summed E-state index contributed by atoms with van der Waals surface area (Å²) in [5, 5.41) is 2.80. The molecule has 2 aromatic rings. The van der Waals surface area contributed by atoms with Crippen LogP contribution in [0.4, 0.5) is 0 Å². The molecule has 0 bridgehead atoms. The van der Waals surface area contributed by atoms with E-state index in [2.05, 4.69) is 10.0 Å². The van der Waals surface area contributed by atoms with Gasteiger partial charge in [-0.3, -0.25) is 4.79 Å². The van der Waals surface area contributed by atoms with Gasteiger partial charge in [-0.05, 0) is 50.1 Å². The summed E-state index contributed by atoms with van der Waals surface area (Å²) in [6.07, 6.45) is 0.840. The normalized spacial score (nSPS) is 13.6. The first-order valence-corrected chi connectivity index (χ1v) is 10.4. The van der Waals surface area contributed by atoms with Crippen molar-refractivity contribution in [1.82, 2.24) is 10.0 Å². The van der Waals surface area contributed by atoms with Gasteiger partial charge in [-0.25, -0.2) is 13.1 Å². The number of benzene rings is 2. The van der Waals surface area contributed by atoms with Crippen molar-refractivity contribution in [3.8, 4) is 5.75 Å². The van der Waals surface area contributed by atoms with Crippen molar-refractivity contribution in [2.24, 2.45) is 0 Å². The Balaban J connectivity index is 1.96. The van der Waals surface area contributed by atoms with E-state index >= 15 is 0 Å². The molecule has 27 heavy (non-hydrogen) atoms. The summed E-state index contributed by atoms with van der Waals surface area (Å²) in [5.41, 5.74) is 0.883. The Morgan fingerprint density at radius 3 is 2.26 bits per heavy atom. The molecule has 0 aromatic heterocycles. The summed E-state index contributed by atoms with van der Waals surface area (Å²) in [6, 6.07) is 15.1. The molecule has 0 unspecified atom stereocenters. The van der Waals surface area contributed by atoms with Crippen molar-refractivity contribution in [1.29, 1.82) is 0 Å². The Morgan fingerprint density at radius 2 is 1.67 bits per heavy atom. The molecule has 146 valence electrons. The summed E-state index contributed by atoms with van der Waals surface area (Å²) in [6.45, 7) is 5.58. The van der Waals surface area contributed by atoms with Crippen LogP contribution in [0.1, 0.15) is 38.8 Å². The highest BCUT2D eigenvalue weighted by atomic mass is 32.2. The van der Waals surface area contributed by atoms with Gasteiger partial charge >= 0.3 is 0 Å². The van der Waals surface area contributed by atoms with Crippen molar-refractivity contribution in [3.63, 3.8) is 0 Å². The Morgan fingerprint density at radius 1 is 1.04 bits per heavy atom. The van der Waals surface area contributed by atoms with Crippen molar-refractivity contribution in [3.05, 3.63) is 60.2 Å². The fourth-order valence-electron chi connectivity index (χ4n) is 2.39. The van der Waals surface area contributed by atoms with Gasteiger partial charge in [0.15, 0.2) is 6.61 Å². The van der Waals surface area contributed by atoms with Crippen LogP contribution >= 0.6 is 0 Å². The lowest BCUT2D eigenvalue weighted by molar-refractivity contribution is -0.123. The van der Waals surface area contributed by atoms with E-state index in [0.29, 0.717) is 5.75 Å². The number of amides is 1. The predicted molar refractivity (Wildman–Crippen MR) is 105 cm³/mol. The zero-order valence-electron chi connectivity index (χ0n) is 15.8. The number of hydrogen-bond donors (Lipinski definition) is 2. The molecule has 0 radical (unpaired) electrons. The molecule has 0 heterocycles. The van der Waals surface area contributed by atoms with Crippen LogP contribution in [0.2, 0.25) is 0 Å². The van der Waals surface area contributed by atoms with Crippen LogP contribution in [0.5, 0.6) is 5.75 Å². The third-order valence-electron chi connectivity index (χ3n) is 4.16. The molecule has 7 heteroatoms. The Hall–Kier alpha value is -2.38. The quantitative estimate of drug-likeness (QED) is 0.689. The van der Waals surface area contributed by atoms with E-state index < -0.39 is 10.0 Å². The van der Waals surface area contributed by atoms with Gasteiger partial charge in [0, 0.05) is 12.1 Å². The Labute approximate surface area is 161 Å². The Kier molecular flexibility index (Phi) is 7.38. The van der Waals surface area contributed by atoms with Gasteiger partial charge < -0.3 is 10.1 Å². The highest BCUT2D eigenvalue weighted by molar-refractivity contribution is 7.89. The maximum Gasteiger partial charge on any atom is 0.258 e. The number of sulfonamides is 1. The molecule has 0 aliphatic carbocycles. The van der Waals surface area contributed by atoms with Gasteiger partial charge in [0.1, 0.15) is 5.75 Å². The molecule has 6 nitrogen and oxygen atoms in total. The van der Waals surface area contributed by atoms with Crippen LogP contribution in [0, 0.1) is 0 Å². The first-order chi connectivity index (χ1) is 12.8. The van der Waals surface area contributed by atoms with E-state index in [1.54, 1.807) is 6.92 Å². The largest absolute Gasteiger partial charge is 0.484 e. The second-order valence-corrected chi connectivity index (χ2v) is 8.10. The lowest BCUT2D eigenvalue weighted by Crippen LogP contribution is -2.35. The lowest BCUT2D eigenvalue weighted by atomic mass is 10.1. The molecule has 2 atom stereocenters. The molecule has 0 spiro atoms. The zero-order chi connectivity index (χ0) is 19.9. The van der Waals surface area contributed by atoms with Crippen LogP contribution in [0.15, 0.2) is 59.5 Å². The van der Waals surface area contributed by atoms with Crippen molar-refractivity contribution in [2.75, 3.05) is 6.61 Å². The topological polar surface area (TPSA) is 84.5 Å². The second-order valence-electron chi connectivity index (χ2n) is 6.39. The van der Waals surface area contributed by atoms with E-state index in [4.69, 9.17) is 4.74 Å². The maximum absolute atomic E-state index is 12.5. The van der Waals surface area contributed by atoms with E-state index in [1.165, 1.54) is 24.3 Å². The minimum atomic E-state index is -3.66. The van der Waals surface area contributed by atoms with Crippen LogP contribution < -0.4 is 14.8 Å². The molecule has 0 saturated heterocycles. The number of nitrogens with one attached hydrogen (secondary N) is 2. The van der Waals surface area contributed by atoms with Crippen LogP contribution in [0.3, 0.4) is 0 Å². The van der Waals surface area contributed by atoms with Gasteiger partial charge in [-0.1, -0.05) is 37.3 Å². The van der Waals surface area contributed by atoms with Crippen LogP contribution in [-0.2, 0) is 14.8 Å².